The first kappa shape index (κ1) is 50.5. The number of nitrogens with zero attached hydrogens (tertiary/aromatic N) is 2. The lowest BCUT2D eigenvalue weighted by Gasteiger charge is -2.29. The number of carbonyl (C=O) groups is 4. The summed E-state index contributed by atoms with van der Waals surface area (Å²) in [5.41, 5.74) is 4.73. The van der Waals surface area contributed by atoms with Crippen molar-refractivity contribution in [2.75, 3.05) is 26.0 Å². The first-order chi connectivity index (χ1) is 30.7. The molecule has 3 aliphatic rings. The Kier molecular flexibility index (Phi) is 16.9. The first-order valence-electron chi connectivity index (χ1n) is 21.0. The summed E-state index contributed by atoms with van der Waals surface area (Å²) >= 11 is 6.32. The number of epoxide rings is 1. The molecule has 4 heterocycles. The fourth-order valence-electron chi connectivity index (χ4n) is 7.19. The molecule has 0 unspecified atom stereocenters. The number of halogens is 3. The number of aliphatic hydroxyl groups excluding tert-OH is 2. The molecule has 2 amide bonds. The van der Waals surface area contributed by atoms with Crippen LogP contribution in [0.25, 0.3) is 0 Å². The quantitative estimate of drug-likeness (QED) is 0.143. The van der Waals surface area contributed by atoms with Crippen LogP contribution >= 0.6 is 11.6 Å². The van der Waals surface area contributed by atoms with Crippen molar-refractivity contribution in [1.82, 2.24) is 20.2 Å². The Bertz CT molecular complexity index is 2250. The number of aromatic nitrogens is 2. The zero-order chi connectivity index (χ0) is 47.8. The van der Waals surface area contributed by atoms with Crippen LogP contribution in [0.5, 0.6) is 5.75 Å². The molecule has 0 bridgehead atoms. The molecule has 2 saturated heterocycles. The topological polar surface area (TPSA) is 243 Å². The summed E-state index contributed by atoms with van der Waals surface area (Å²) in [5, 5.41) is 24.0. The van der Waals surface area contributed by atoms with Crippen LogP contribution in [0.15, 0.2) is 77.7 Å². The maximum Gasteiger partial charge on any atom is 0.351 e. The van der Waals surface area contributed by atoms with Gasteiger partial charge in [0.25, 0.3) is 0 Å². The second-order valence-electron chi connectivity index (χ2n) is 17.1. The molecule has 0 aliphatic carbocycles. The summed E-state index contributed by atoms with van der Waals surface area (Å²) in [4.78, 5) is 68.3. The SMILES string of the molecule is COc1ccc(C[C@H]2NC(=O)/C=C/C[C@@H]([C@H](C)[C@H]3O[C@H]3c3ccccc3)OC(=O)[C@H](CC(C)C)OC(=O)C(C)(C)CNC2=O)cc1Cl.Nc1ccn([C@@H]2O[C@H](CO)[C@@H](O)C2(F)F)c(=O)n1. The van der Waals surface area contributed by atoms with Gasteiger partial charge < -0.3 is 50.3 Å². The number of alkyl halides is 2. The van der Waals surface area contributed by atoms with E-state index in [0.717, 1.165) is 17.8 Å². The van der Waals surface area contributed by atoms with E-state index in [1.54, 1.807) is 38.1 Å². The van der Waals surface area contributed by atoms with Gasteiger partial charge in [-0.05, 0) is 61.6 Å². The van der Waals surface area contributed by atoms with Gasteiger partial charge >= 0.3 is 23.6 Å². The number of esters is 2. The molecule has 0 radical (unpaired) electrons. The third-order valence-electron chi connectivity index (χ3n) is 11.1. The summed E-state index contributed by atoms with van der Waals surface area (Å²) in [6.45, 7) is 8.13. The largest absolute Gasteiger partial charge is 0.495 e. The molecule has 6 N–H and O–H groups in total. The van der Waals surface area contributed by atoms with Crippen LogP contribution in [0.3, 0.4) is 0 Å². The number of hydrogen-bond acceptors (Lipinski definition) is 14. The van der Waals surface area contributed by atoms with E-state index in [-0.39, 0.29) is 55.7 Å². The molecular formula is C45H56ClF2N5O12. The molecule has 1 aromatic heterocycles. The number of carbonyl (C=O) groups excluding carboxylic acids is 4. The maximum absolute atomic E-state index is 13.7. The van der Waals surface area contributed by atoms with Gasteiger partial charge in [0, 0.05) is 31.5 Å². The van der Waals surface area contributed by atoms with Crippen molar-refractivity contribution >= 4 is 41.2 Å². The summed E-state index contributed by atoms with van der Waals surface area (Å²) in [6.07, 6.45) is -3.34. The number of amides is 2. The number of ether oxygens (including phenoxy) is 5. The molecule has 6 rings (SSSR count). The molecule has 20 heteroatoms. The van der Waals surface area contributed by atoms with Gasteiger partial charge in [0.15, 0.2) is 12.2 Å². The van der Waals surface area contributed by atoms with Crippen LogP contribution in [-0.4, -0.2) is 106 Å². The molecule has 2 aromatic carbocycles. The molecule has 17 nitrogen and oxygen atoms in total. The molecule has 354 valence electrons. The summed E-state index contributed by atoms with van der Waals surface area (Å²) in [5.74, 6) is -5.89. The lowest BCUT2D eigenvalue weighted by molar-refractivity contribution is -0.179. The predicted octanol–water partition coefficient (Wildman–Crippen LogP) is 3.84. The van der Waals surface area contributed by atoms with Gasteiger partial charge in [-0.3, -0.25) is 19.0 Å². The Balaban J connectivity index is 0.000000366. The second kappa shape index (κ2) is 21.7. The Morgan fingerprint density at radius 1 is 1.03 bits per heavy atom. The summed E-state index contributed by atoms with van der Waals surface area (Å²) < 4.78 is 55.8. The third-order valence-corrected chi connectivity index (χ3v) is 11.4. The zero-order valence-corrected chi connectivity index (χ0v) is 37.6. The third kappa shape index (κ3) is 12.9. The van der Waals surface area contributed by atoms with Crippen LogP contribution in [0.1, 0.15) is 70.9 Å². The van der Waals surface area contributed by atoms with Gasteiger partial charge in [-0.2, -0.15) is 13.8 Å². The molecule has 3 aromatic rings. The number of anilines is 1. The number of nitrogens with one attached hydrogen (secondary N) is 2. The smallest absolute Gasteiger partial charge is 0.351 e. The van der Waals surface area contributed by atoms with Gasteiger partial charge in [0.2, 0.25) is 18.0 Å². The molecule has 0 spiro atoms. The fraction of sp³-hybridized carbons (Fsp3) is 0.511. The number of cyclic esters (lactones) is 2. The minimum atomic E-state index is -3.71. The average Bonchev–Trinajstić information content (AvgIpc) is 4.02. The maximum atomic E-state index is 13.7. The number of methoxy groups -OCH3 is 1. The van der Waals surface area contributed by atoms with Crippen molar-refractivity contribution in [3.63, 3.8) is 0 Å². The highest BCUT2D eigenvalue weighted by Gasteiger charge is 2.59. The highest BCUT2D eigenvalue weighted by atomic mass is 35.5. The lowest BCUT2D eigenvalue weighted by Crippen LogP contribution is -2.51. The molecule has 9 atom stereocenters. The summed E-state index contributed by atoms with van der Waals surface area (Å²) in [6, 6.07) is 15.1. The van der Waals surface area contributed by atoms with Crippen LogP contribution in [0, 0.1) is 17.3 Å². The van der Waals surface area contributed by atoms with Crippen molar-refractivity contribution in [3.05, 3.63) is 99.6 Å². The number of nitrogen functional groups attached to an aromatic ring is 1. The van der Waals surface area contributed by atoms with E-state index in [1.165, 1.54) is 13.2 Å². The zero-order valence-electron chi connectivity index (χ0n) is 36.8. The van der Waals surface area contributed by atoms with Crippen molar-refractivity contribution in [2.45, 2.75) is 109 Å². The average molecular weight is 932 g/mol. The van der Waals surface area contributed by atoms with E-state index >= 15 is 0 Å². The molecule has 3 aliphatic heterocycles. The van der Waals surface area contributed by atoms with Gasteiger partial charge in [-0.15, -0.1) is 0 Å². The molecular weight excluding hydrogens is 876 g/mol. The van der Waals surface area contributed by atoms with E-state index in [1.807, 2.05) is 51.1 Å². The normalized spacial score (nSPS) is 27.8. The molecule has 2 fully saturated rings. The first-order valence-corrected chi connectivity index (χ1v) is 21.4. The Morgan fingerprint density at radius 2 is 1.74 bits per heavy atom. The number of aliphatic hydroxyl groups is 2. The second-order valence-corrected chi connectivity index (χ2v) is 17.5. The van der Waals surface area contributed by atoms with Crippen LogP contribution in [0.2, 0.25) is 5.02 Å². The number of rotatable bonds is 10. The Hall–Kier alpha value is -5.47. The van der Waals surface area contributed by atoms with E-state index in [0.29, 0.717) is 20.9 Å². The van der Waals surface area contributed by atoms with Gasteiger partial charge in [0.05, 0.1) is 30.3 Å². The standard InChI is InChI=1S/C36H45ClN2O8.C9H11F2N3O4/c1-21(2)17-29-34(42)45-27(22(3)31-32(47-31)24-11-8-7-9-12-24)13-10-14-30(40)39-26(19-23-15-16-28(44-6)25(37)18-23)33(41)38-20-36(4,5)35(43)46-29;10-9(11)6(16)4(3-15)18-7(9)14-2-1-5(12)13-8(14)17/h7-12,14-16,18,21-22,26-27,29,31-32H,13,17,19-20H2,1-6H3,(H,38,41)(H,39,40);1-2,4,6-7,15-16H,3H2,(H2,12,13,17)/b14-10+;/t22-,26+,27-,29-,31+,32-;4-,6-,7-/m01/s1. The molecule has 65 heavy (non-hydrogen) atoms. The van der Waals surface area contributed by atoms with Crippen molar-refractivity contribution in [3.8, 4) is 5.75 Å². The van der Waals surface area contributed by atoms with Gasteiger partial charge in [-0.25, -0.2) is 9.59 Å². The van der Waals surface area contributed by atoms with Crippen molar-refractivity contribution in [1.29, 1.82) is 0 Å². The fourth-order valence-corrected chi connectivity index (χ4v) is 7.47. The number of hydrogen-bond donors (Lipinski definition) is 5. The molecule has 0 saturated carbocycles. The number of benzene rings is 2. The lowest BCUT2D eigenvalue weighted by atomic mass is 9.92. The van der Waals surface area contributed by atoms with E-state index < -0.39 is 84.1 Å². The van der Waals surface area contributed by atoms with Crippen molar-refractivity contribution < 1.29 is 61.9 Å². The predicted molar refractivity (Wildman–Crippen MR) is 231 cm³/mol. The Labute approximate surface area is 379 Å². The van der Waals surface area contributed by atoms with E-state index in [4.69, 9.17) is 46.1 Å². The minimum Gasteiger partial charge on any atom is -0.495 e. The highest BCUT2D eigenvalue weighted by Crippen LogP contribution is 2.45. The minimum absolute atomic E-state index is 0.0228. The van der Waals surface area contributed by atoms with Crippen LogP contribution in [-0.2, 0) is 44.5 Å². The van der Waals surface area contributed by atoms with E-state index in [2.05, 4.69) is 15.6 Å². The van der Waals surface area contributed by atoms with Gasteiger partial charge in [0.1, 0.15) is 35.9 Å². The van der Waals surface area contributed by atoms with Gasteiger partial charge in [-0.1, -0.05) is 74.8 Å². The Morgan fingerprint density at radius 3 is 2.35 bits per heavy atom. The number of nitrogens with two attached hydrogens (primary N) is 1. The van der Waals surface area contributed by atoms with Crippen LogP contribution in [0.4, 0.5) is 14.6 Å². The van der Waals surface area contributed by atoms with Crippen molar-refractivity contribution in [2.24, 2.45) is 17.3 Å². The monoisotopic (exact) mass is 931 g/mol. The highest BCUT2D eigenvalue weighted by molar-refractivity contribution is 6.32. The summed E-state index contributed by atoms with van der Waals surface area (Å²) in [7, 11) is 1.51. The van der Waals surface area contributed by atoms with Crippen LogP contribution < -0.4 is 26.8 Å². The van der Waals surface area contributed by atoms with E-state index in [9.17, 15) is 37.9 Å².